The Morgan fingerprint density at radius 1 is 0.968 bits per heavy atom. The van der Waals surface area contributed by atoms with Crippen molar-refractivity contribution >= 4 is 35.1 Å². The molecule has 2 aliphatic heterocycles. The highest BCUT2D eigenvalue weighted by Crippen LogP contribution is 2.23. The number of benzene rings is 1. The van der Waals surface area contributed by atoms with Crippen LogP contribution in [0, 0.1) is 0 Å². The first-order valence-corrected chi connectivity index (χ1v) is 11.5. The first kappa shape index (κ1) is 21.9. The lowest BCUT2D eigenvalue weighted by atomic mass is 10.2. The summed E-state index contributed by atoms with van der Waals surface area (Å²) in [6.45, 7) is 3.34. The van der Waals surface area contributed by atoms with E-state index in [1.54, 1.807) is 28.0 Å². The number of carbonyl (C=O) groups excluding carboxylic acids is 2. The quantitative estimate of drug-likeness (QED) is 0.753. The van der Waals surface area contributed by atoms with Crippen LogP contribution in [0.25, 0.3) is 0 Å². The first-order valence-electron chi connectivity index (χ1n) is 10.7. The minimum absolute atomic E-state index is 0.118. The molecule has 31 heavy (non-hydrogen) atoms. The molecular weight excluding hydrogens is 439 g/mol. The zero-order valence-electron chi connectivity index (χ0n) is 17.3. The van der Waals surface area contributed by atoms with E-state index >= 15 is 0 Å². The van der Waals surface area contributed by atoms with E-state index < -0.39 is 0 Å². The minimum Gasteiger partial charge on any atom is -0.338 e. The second-order valence-electron chi connectivity index (χ2n) is 7.88. The van der Waals surface area contributed by atoms with Crippen molar-refractivity contribution in [2.75, 3.05) is 32.7 Å². The molecule has 1 fully saturated rings. The standard InChI is InChI=1S/C21H26Cl2N6O2/c22-15-5-6-16(17(23)14-15)20(30)27-10-12-28(13-11-27)21(31)24-8-7-19-26-25-18-4-2-1-3-9-29(18)19/h5-6,14H,1-4,7-13H2,(H,24,31). The molecule has 1 saturated heterocycles. The number of fused-ring (bicyclic) bond motifs is 1. The maximum absolute atomic E-state index is 12.7. The van der Waals surface area contributed by atoms with Gasteiger partial charge in [0.25, 0.3) is 5.91 Å². The monoisotopic (exact) mass is 464 g/mol. The van der Waals surface area contributed by atoms with Gasteiger partial charge in [0.1, 0.15) is 11.6 Å². The molecule has 0 bridgehead atoms. The van der Waals surface area contributed by atoms with Crippen LogP contribution < -0.4 is 5.32 Å². The highest BCUT2D eigenvalue weighted by Gasteiger charge is 2.26. The summed E-state index contributed by atoms with van der Waals surface area (Å²) in [6, 6.07) is 4.73. The van der Waals surface area contributed by atoms with Crippen molar-refractivity contribution in [3.63, 3.8) is 0 Å². The molecule has 1 N–H and O–H groups in total. The molecule has 3 heterocycles. The van der Waals surface area contributed by atoms with Gasteiger partial charge in [0.05, 0.1) is 10.6 Å². The Kier molecular flexibility index (Phi) is 6.97. The molecule has 1 aromatic heterocycles. The van der Waals surface area contributed by atoms with Crippen LogP contribution in [0.1, 0.15) is 41.3 Å². The molecule has 2 aliphatic rings. The van der Waals surface area contributed by atoms with Crippen LogP contribution in [0.5, 0.6) is 0 Å². The third-order valence-electron chi connectivity index (χ3n) is 5.83. The van der Waals surface area contributed by atoms with E-state index in [4.69, 9.17) is 23.2 Å². The summed E-state index contributed by atoms with van der Waals surface area (Å²) in [5, 5.41) is 12.4. The molecule has 2 aromatic rings. The van der Waals surface area contributed by atoms with Gasteiger partial charge in [-0.3, -0.25) is 4.79 Å². The Labute approximate surface area is 191 Å². The van der Waals surface area contributed by atoms with Crippen molar-refractivity contribution < 1.29 is 9.59 Å². The number of rotatable bonds is 4. The number of amides is 3. The molecule has 0 radical (unpaired) electrons. The fourth-order valence-corrected chi connectivity index (χ4v) is 4.56. The summed E-state index contributed by atoms with van der Waals surface area (Å²) in [5.41, 5.74) is 0.427. The molecule has 166 valence electrons. The van der Waals surface area contributed by atoms with Gasteiger partial charge in [0, 0.05) is 57.1 Å². The molecule has 10 heteroatoms. The van der Waals surface area contributed by atoms with Crippen molar-refractivity contribution in [3.05, 3.63) is 45.5 Å². The van der Waals surface area contributed by atoms with E-state index in [0.717, 1.165) is 37.5 Å². The molecule has 0 spiro atoms. The Morgan fingerprint density at radius 2 is 1.74 bits per heavy atom. The van der Waals surface area contributed by atoms with Crippen molar-refractivity contribution in [1.29, 1.82) is 0 Å². The zero-order chi connectivity index (χ0) is 21.8. The predicted molar refractivity (Wildman–Crippen MR) is 119 cm³/mol. The molecule has 4 rings (SSSR count). The number of aryl methyl sites for hydroxylation is 1. The highest BCUT2D eigenvalue weighted by atomic mass is 35.5. The van der Waals surface area contributed by atoms with E-state index in [2.05, 4.69) is 20.1 Å². The lowest BCUT2D eigenvalue weighted by Crippen LogP contribution is -2.53. The average Bonchev–Trinajstić information content (AvgIpc) is 2.99. The van der Waals surface area contributed by atoms with Gasteiger partial charge in [0.15, 0.2) is 0 Å². The van der Waals surface area contributed by atoms with Crippen molar-refractivity contribution in [2.45, 2.75) is 38.6 Å². The Balaban J connectivity index is 1.24. The number of hydrogen-bond donors (Lipinski definition) is 1. The van der Waals surface area contributed by atoms with Gasteiger partial charge >= 0.3 is 6.03 Å². The summed E-state index contributed by atoms with van der Waals surface area (Å²) in [5.74, 6) is 1.85. The molecule has 0 unspecified atom stereocenters. The van der Waals surface area contributed by atoms with Crippen LogP contribution in [-0.2, 0) is 19.4 Å². The summed E-state index contributed by atoms with van der Waals surface area (Å²) in [7, 11) is 0. The van der Waals surface area contributed by atoms with Gasteiger partial charge in [-0.15, -0.1) is 10.2 Å². The van der Waals surface area contributed by atoms with Crippen LogP contribution in [-0.4, -0.2) is 69.2 Å². The van der Waals surface area contributed by atoms with Gasteiger partial charge in [0.2, 0.25) is 0 Å². The maximum Gasteiger partial charge on any atom is 0.317 e. The van der Waals surface area contributed by atoms with E-state index in [-0.39, 0.29) is 11.9 Å². The van der Waals surface area contributed by atoms with Gasteiger partial charge in [-0.2, -0.15) is 0 Å². The summed E-state index contributed by atoms with van der Waals surface area (Å²) >= 11 is 12.1. The predicted octanol–water partition coefficient (Wildman–Crippen LogP) is 3.02. The number of halogens is 2. The van der Waals surface area contributed by atoms with E-state index in [1.807, 2.05) is 0 Å². The van der Waals surface area contributed by atoms with Crippen LogP contribution in [0.15, 0.2) is 18.2 Å². The fourth-order valence-electron chi connectivity index (χ4n) is 4.07. The second-order valence-corrected chi connectivity index (χ2v) is 8.72. The molecule has 0 saturated carbocycles. The SMILES string of the molecule is O=C(NCCc1nnc2n1CCCCC2)N1CCN(C(=O)c2ccc(Cl)cc2Cl)CC1. The van der Waals surface area contributed by atoms with E-state index in [0.29, 0.717) is 54.8 Å². The molecule has 8 nitrogen and oxygen atoms in total. The average molecular weight is 465 g/mol. The smallest absolute Gasteiger partial charge is 0.317 e. The van der Waals surface area contributed by atoms with Crippen molar-refractivity contribution in [2.24, 2.45) is 0 Å². The lowest BCUT2D eigenvalue weighted by Gasteiger charge is -2.34. The van der Waals surface area contributed by atoms with Crippen LogP contribution in [0.4, 0.5) is 4.79 Å². The van der Waals surface area contributed by atoms with Crippen LogP contribution >= 0.6 is 23.2 Å². The summed E-state index contributed by atoms with van der Waals surface area (Å²) < 4.78 is 2.20. The maximum atomic E-state index is 12.7. The molecule has 0 aliphatic carbocycles. The number of aromatic nitrogens is 3. The number of piperazine rings is 1. The number of nitrogens with zero attached hydrogens (tertiary/aromatic N) is 5. The zero-order valence-corrected chi connectivity index (χ0v) is 18.8. The third-order valence-corrected chi connectivity index (χ3v) is 6.37. The van der Waals surface area contributed by atoms with E-state index in [1.165, 1.54) is 6.42 Å². The third kappa shape index (κ3) is 5.13. The Bertz CT molecular complexity index is 955. The van der Waals surface area contributed by atoms with Crippen LogP contribution in [0.3, 0.4) is 0 Å². The van der Waals surface area contributed by atoms with Gasteiger partial charge in [-0.1, -0.05) is 29.6 Å². The highest BCUT2D eigenvalue weighted by molar-refractivity contribution is 6.36. The molecule has 1 aromatic carbocycles. The van der Waals surface area contributed by atoms with Gasteiger partial charge < -0.3 is 19.7 Å². The molecular formula is C21H26Cl2N6O2. The fraction of sp³-hybridized carbons (Fsp3) is 0.524. The molecule has 3 amide bonds. The topological polar surface area (TPSA) is 83.4 Å². The molecule has 0 atom stereocenters. The van der Waals surface area contributed by atoms with Crippen LogP contribution in [0.2, 0.25) is 10.0 Å². The summed E-state index contributed by atoms with van der Waals surface area (Å²) in [4.78, 5) is 28.7. The number of nitrogens with one attached hydrogen (secondary N) is 1. The van der Waals surface area contributed by atoms with E-state index in [9.17, 15) is 9.59 Å². The second kappa shape index (κ2) is 9.87. The summed E-state index contributed by atoms with van der Waals surface area (Å²) in [6.07, 6.45) is 5.16. The number of hydrogen-bond acceptors (Lipinski definition) is 4. The van der Waals surface area contributed by atoms with Crippen molar-refractivity contribution in [3.8, 4) is 0 Å². The lowest BCUT2D eigenvalue weighted by molar-refractivity contribution is 0.0665. The number of urea groups is 1. The van der Waals surface area contributed by atoms with Crippen molar-refractivity contribution in [1.82, 2.24) is 29.9 Å². The number of carbonyl (C=O) groups is 2. The Hall–Kier alpha value is -2.32. The first-order chi connectivity index (χ1) is 15.0. The normalized spacial score (nSPS) is 16.6. The van der Waals surface area contributed by atoms with Gasteiger partial charge in [-0.25, -0.2) is 4.79 Å². The largest absolute Gasteiger partial charge is 0.338 e. The Morgan fingerprint density at radius 3 is 2.52 bits per heavy atom. The van der Waals surface area contributed by atoms with Gasteiger partial charge in [-0.05, 0) is 31.0 Å². The minimum atomic E-state index is -0.144.